The molecule has 6 nitrogen and oxygen atoms in total. The molecule has 1 fully saturated rings. The summed E-state index contributed by atoms with van der Waals surface area (Å²) < 4.78 is 1.66. The van der Waals surface area contributed by atoms with E-state index in [1.54, 1.807) is 11.0 Å². The Morgan fingerprint density at radius 1 is 1.29 bits per heavy atom. The Morgan fingerprint density at radius 2 is 2.00 bits per heavy atom. The van der Waals surface area contributed by atoms with Crippen LogP contribution in [0.5, 0.6) is 0 Å². The van der Waals surface area contributed by atoms with E-state index in [0.29, 0.717) is 0 Å². The van der Waals surface area contributed by atoms with Gasteiger partial charge in [-0.3, -0.25) is 4.84 Å². The highest BCUT2D eigenvalue weighted by Gasteiger charge is 2.58. The van der Waals surface area contributed by atoms with Gasteiger partial charge in [0, 0.05) is 5.41 Å². The second-order valence-corrected chi connectivity index (χ2v) is 6.38. The van der Waals surface area contributed by atoms with Gasteiger partial charge in [0.05, 0.1) is 6.04 Å². The van der Waals surface area contributed by atoms with Gasteiger partial charge in [0.25, 0.3) is 0 Å². The molecule has 112 valence electrons. The Bertz CT molecular complexity index is 594. The summed E-state index contributed by atoms with van der Waals surface area (Å²) in [5.74, 6) is -1.40. The van der Waals surface area contributed by atoms with E-state index >= 15 is 0 Å². The van der Waals surface area contributed by atoms with Crippen molar-refractivity contribution in [3.63, 3.8) is 0 Å². The zero-order valence-corrected chi connectivity index (χ0v) is 12.4. The van der Waals surface area contributed by atoms with E-state index in [4.69, 9.17) is 4.84 Å². The maximum Gasteiger partial charge on any atom is 0.214 e. The third-order valence-electron chi connectivity index (χ3n) is 4.01. The van der Waals surface area contributed by atoms with Gasteiger partial charge in [0.2, 0.25) is 5.79 Å². The van der Waals surface area contributed by atoms with E-state index in [1.165, 1.54) is 6.33 Å². The van der Waals surface area contributed by atoms with Gasteiger partial charge in [-0.15, -0.1) is 0 Å². The van der Waals surface area contributed by atoms with Gasteiger partial charge in [-0.25, -0.2) is 9.67 Å². The van der Waals surface area contributed by atoms with Gasteiger partial charge in [-0.2, -0.15) is 10.6 Å². The molecule has 1 aliphatic rings. The SMILES string of the molecule is CC(C)(C)C1(O)ONC(c2ccccc2)C1n1cncn1. The molecule has 1 aromatic heterocycles. The first-order valence-corrected chi connectivity index (χ1v) is 6.98. The van der Waals surface area contributed by atoms with Gasteiger partial charge < -0.3 is 5.11 Å². The normalized spacial score (nSPS) is 29.7. The number of nitrogens with one attached hydrogen (secondary N) is 1. The standard InChI is InChI=1S/C15H20N4O2/c1-14(2,3)15(20)13(19-10-16-9-17-19)12(18-21-15)11-7-5-4-6-8-11/h4-10,12-13,18,20H,1-3H3. The molecular weight excluding hydrogens is 268 g/mol. The van der Waals surface area contributed by atoms with Crippen molar-refractivity contribution in [2.24, 2.45) is 5.41 Å². The number of hydrogen-bond acceptors (Lipinski definition) is 5. The quantitative estimate of drug-likeness (QED) is 0.882. The van der Waals surface area contributed by atoms with Crippen molar-refractivity contribution in [1.29, 1.82) is 0 Å². The summed E-state index contributed by atoms with van der Waals surface area (Å²) in [5, 5.41) is 15.3. The Hall–Kier alpha value is -1.76. The molecule has 1 aliphatic heterocycles. The third kappa shape index (κ3) is 2.25. The minimum atomic E-state index is -1.40. The van der Waals surface area contributed by atoms with E-state index in [-0.39, 0.29) is 6.04 Å². The average Bonchev–Trinajstić information content (AvgIpc) is 3.06. The Morgan fingerprint density at radius 3 is 2.57 bits per heavy atom. The van der Waals surface area contributed by atoms with Crippen LogP contribution in [-0.2, 0) is 4.84 Å². The van der Waals surface area contributed by atoms with Crippen LogP contribution in [-0.4, -0.2) is 25.7 Å². The maximum atomic E-state index is 11.1. The van der Waals surface area contributed by atoms with E-state index in [0.717, 1.165) is 5.56 Å². The van der Waals surface area contributed by atoms with Crippen molar-refractivity contribution in [3.8, 4) is 0 Å². The van der Waals surface area contributed by atoms with Crippen LogP contribution >= 0.6 is 0 Å². The lowest BCUT2D eigenvalue weighted by Gasteiger charge is -2.39. The summed E-state index contributed by atoms with van der Waals surface area (Å²) in [6, 6.07) is 9.26. The van der Waals surface area contributed by atoms with Gasteiger partial charge in [-0.05, 0) is 5.56 Å². The van der Waals surface area contributed by atoms with Gasteiger partial charge >= 0.3 is 0 Å². The van der Waals surface area contributed by atoms with Crippen LogP contribution in [0.1, 0.15) is 38.4 Å². The highest BCUT2D eigenvalue weighted by atomic mass is 16.8. The molecular formula is C15H20N4O2. The number of hydrogen-bond donors (Lipinski definition) is 2. The number of benzene rings is 1. The first kappa shape index (κ1) is 14.2. The predicted octanol–water partition coefficient (Wildman–Crippen LogP) is 1.83. The lowest BCUT2D eigenvalue weighted by atomic mass is 9.78. The van der Waals surface area contributed by atoms with Crippen molar-refractivity contribution in [1.82, 2.24) is 20.2 Å². The number of aromatic nitrogens is 3. The van der Waals surface area contributed by atoms with Crippen molar-refractivity contribution in [2.45, 2.75) is 38.6 Å². The molecule has 2 heterocycles. The van der Waals surface area contributed by atoms with Crippen LogP contribution in [0.4, 0.5) is 0 Å². The maximum absolute atomic E-state index is 11.1. The smallest absolute Gasteiger partial charge is 0.214 e. The second kappa shape index (κ2) is 4.91. The molecule has 3 unspecified atom stereocenters. The van der Waals surface area contributed by atoms with E-state index in [1.807, 2.05) is 51.1 Å². The predicted molar refractivity (Wildman–Crippen MR) is 76.9 cm³/mol. The molecule has 0 aliphatic carbocycles. The summed E-state index contributed by atoms with van der Waals surface area (Å²) in [7, 11) is 0. The fourth-order valence-corrected chi connectivity index (χ4v) is 2.70. The zero-order chi connectivity index (χ0) is 15.1. The van der Waals surface area contributed by atoms with Crippen LogP contribution < -0.4 is 5.48 Å². The third-order valence-corrected chi connectivity index (χ3v) is 4.01. The number of aliphatic hydroxyl groups is 1. The largest absolute Gasteiger partial charge is 0.362 e. The monoisotopic (exact) mass is 288 g/mol. The minimum absolute atomic E-state index is 0.211. The molecule has 21 heavy (non-hydrogen) atoms. The lowest BCUT2D eigenvalue weighted by Crippen LogP contribution is -2.49. The molecule has 1 saturated heterocycles. The number of rotatable bonds is 2. The van der Waals surface area contributed by atoms with Crippen molar-refractivity contribution < 1.29 is 9.94 Å². The topological polar surface area (TPSA) is 72.2 Å². The van der Waals surface area contributed by atoms with Crippen molar-refractivity contribution in [2.75, 3.05) is 0 Å². The van der Waals surface area contributed by atoms with Gasteiger partial charge in [-0.1, -0.05) is 51.1 Å². The number of nitrogens with zero attached hydrogens (tertiary/aromatic N) is 3. The summed E-state index contributed by atoms with van der Waals surface area (Å²) in [6.07, 6.45) is 3.07. The van der Waals surface area contributed by atoms with Crippen LogP contribution in [0.3, 0.4) is 0 Å². The molecule has 6 heteroatoms. The molecule has 1 aromatic carbocycles. The minimum Gasteiger partial charge on any atom is -0.362 e. The van der Waals surface area contributed by atoms with E-state index < -0.39 is 17.2 Å². The molecule has 0 radical (unpaired) electrons. The molecule has 3 rings (SSSR count). The number of hydroxylamine groups is 1. The van der Waals surface area contributed by atoms with E-state index in [9.17, 15) is 5.11 Å². The summed E-state index contributed by atoms with van der Waals surface area (Å²) in [6.45, 7) is 5.81. The molecule has 0 spiro atoms. The first-order chi connectivity index (χ1) is 9.93. The average molecular weight is 288 g/mol. The van der Waals surface area contributed by atoms with Gasteiger partial charge in [0.15, 0.2) is 0 Å². The molecule has 0 amide bonds. The van der Waals surface area contributed by atoms with Gasteiger partial charge in [0.1, 0.15) is 18.7 Å². The molecule has 0 bridgehead atoms. The highest BCUT2D eigenvalue weighted by molar-refractivity contribution is 5.22. The van der Waals surface area contributed by atoms with Crippen LogP contribution in [0.2, 0.25) is 0 Å². The fourth-order valence-electron chi connectivity index (χ4n) is 2.70. The Kier molecular flexibility index (Phi) is 3.32. The lowest BCUT2D eigenvalue weighted by molar-refractivity contribution is -0.272. The van der Waals surface area contributed by atoms with Crippen molar-refractivity contribution in [3.05, 3.63) is 48.5 Å². The molecule has 2 N–H and O–H groups in total. The van der Waals surface area contributed by atoms with E-state index in [2.05, 4.69) is 15.6 Å². The van der Waals surface area contributed by atoms with Crippen LogP contribution in [0.25, 0.3) is 0 Å². The highest BCUT2D eigenvalue weighted by Crippen LogP contribution is 2.49. The summed E-state index contributed by atoms with van der Waals surface area (Å²) >= 11 is 0. The Balaban J connectivity index is 2.07. The van der Waals surface area contributed by atoms with Crippen molar-refractivity contribution >= 4 is 0 Å². The van der Waals surface area contributed by atoms with Crippen LogP contribution in [0.15, 0.2) is 43.0 Å². The summed E-state index contributed by atoms with van der Waals surface area (Å²) in [5.41, 5.74) is 3.50. The second-order valence-electron chi connectivity index (χ2n) is 6.38. The molecule has 0 saturated carbocycles. The Labute approximate surface area is 123 Å². The summed E-state index contributed by atoms with van der Waals surface area (Å²) in [4.78, 5) is 9.63. The fraction of sp³-hybridized carbons (Fsp3) is 0.467. The molecule has 2 aromatic rings. The molecule has 3 atom stereocenters. The first-order valence-electron chi connectivity index (χ1n) is 6.98. The zero-order valence-electron chi connectivity index (χ0n) is 12.4. The van der Waals surface area contributed by atoms with Crippen LogP contribution in [0, 0.1) is 5.41 Å².